The molecule has 0 N–H and O–H groups in total. The van der Waals surface area contributed by atoms with Gasteiger partial charge in [0.15, 0.2) is 0 Å². The summed E-state index contributed by atoms with van der Waals surface area (Å²) in [4.78, 5) is 10.6. The van der Waals surface area contributed by atoms with Gasteiger partial charge in [-0.05, 0) is 37.5 Å². The summed E-state index contributed by atoms with van der Waals surface area (Å²) in [7, 11) is 0. The fraction of sp³-hybridized carbons (Fsp3) is 0.318. The molecule has 0 aliphatic carbocycles. The van der Waals surface area contributed by atoms with E-state index >= 15 is 4.39 Å². The van der Waals surface area contributed by atoms with Gasteiger partial charge in [0.1, 0.15) is 23.1 Å². The molecule has 7 heteroatoms. The molecule has 0 radical (unpaired) electrons. The molecule has 2 heterocycles. The topological polar surface area (TPSA) is 46.3 Å². The van der Waals surface area contributed by atoms with Crippen molar-refractivity contribution in [1.82, 2.24) is 19.6 Å². The van der Waals surface area contributed by atoms with Gasteiger partial charge < -0.3 is 4.90 Å². The molecule has 150 valence electrons. The van der Waals surface area contributed by atoms with Gasteiger partial charge in [-0.2, -0.15) is 19.6 Å². The van der Waals surface area contributed by atoms with Crippen molar-refractivity contribution in [1.29, 1.82) is 0 Å². The summed E-state index contributed by atoms with van der Waals surface area (Å²) >= 11 is 6.59. The minimum absolute atomic E-state index is 0.0889. The van der Waals surface area contributed by atoms with Gasteiger partial charge in [0.25, 0.3) is 5.78 Å². The quantitative estimate of drug-likeness (QED) is 0.328. The zero-order valence-corrected chi connectivity index (χ0v) is 17.7. The molecular weight excluding hydrogens is 389 g/mol. The van der Waals surface area contributed by atoms with Gasteiger partial charge in [0.05, 0.1) is 5.56 Å². The van der Waals surface area contributed by atoms with Crippen molar-refractivity contribution in [3.8, 4) is 23.5 Å². The first-order valence-electron chi connectivity index (χ1n) is 9.34. The number of hydrogen-bond donors (Lipinski definition) is 0. The van der Waals surface area contributed by atoms with Crippen LogP contribution < -0.4 is 4.90 Å². The number of anilines is 1. The monoisotopic (exact) mass is 411 g/mol. The number of aromatic nitrogens is 4. The Morgan fingerprint density at radius 3 is 2.66 bits per heavy atom. The lowest BCUT2D eigenvalue weighted by molar-refractivity contribution is 0.489. The third-order valence-electron chi connectivity index (χ3n) is 5.12. The predicted octanol–water partition coefficient (Wildman–Crippen LogP) is 4.91. The highest BCUT2D eigenvalue weighted by atomic mass is 35.5. The molecule has 3 rings (SSSR count). The Morgan fingerprint density at radius 1 is 1.34 bits per heavy atom. The lowest BCUT2D eigenvalue weighted by Crippen LogP contribution is -2.39. The van der Waals surface area contributed by atoms with Crippen LogP contribution in [-0.4, -0.2) is 32.2 Å². The van der Waals surface area contributed by atoms with Gasteiger partial charge in [-0.25, -0.2) is 4.39 Å². The first kappa shape index (κ1) is 20.8. The Hall–Kier alpha value is -2.91. The highest BCUT2D eigenvalue weighted by molar-refractivity contribution is 6.33. The Balaban J connectivity index is 2.43. The molecule has 29 heavy (non-hydrogen) atoms. The van der Waals surface area contributed by atoms with E-state index in [9.17, 15) is 0 Å². The van der Waals surface area contributed by atoms with E-state index in [2.05, 4.69) is 53.2 Å². The molecule has 0 aliphatic rings. The molecule has 0 spiro atoms. The first-order valence-corrected chi connectivity index (χ1v) is 9.71. The second-order valence-electron chi connectivity index (χ2n) is 7.29. The lowest BCUT2D eigenvalue weighted by atomic mass is 9.97. The van der Waals surface area contributed by atoms with Crippen molar-refractivity contribution < 1.29 is 4.39 Å². The molecule has 3 aromatic rings. The highest BCUT2D eigenvalue weighted by Gasteiger charge is 2.28. The number of halogens is 2. The van der Waals surface area contributed by atoms with Crippen LogP contribution in [0.4, 0.5) is 10.2 Å². The predicted molar refractivity (Wildman–Crippen MR) is 116 cm³/mol. The Kier molecular flexibility index (Phi) is 5.90. The number of rotatable bonds is 6. The molecule has 0 unspecified atom stereocenters. The first-order chi connectivity index (χ1) is 13.8. The van der Waals surface area contributed by atoms with E-state index in [0.717, 1.165) is 0 Å². The molecule has 1 aromatic carbocycles. The van der Waals surface area contributed by atoms with Gasteiger partial charge in [0, 0.05) is 23.7 Å². The lowest BCUT2D eigenvalue weighted by Gasteiger charge is -2.34. The van der Waals surface area contributed by atoms with Gasteiger partial charge in [-0.15, -0.1) is 13.0 Å². The molecule has 0 saturated heterocycles. The van der Waals surface area contributed by atoms with Crippen molar-refractivity contribution in [3.05, 3.63) is 53.2 Å². The van der Waals surface area contributed by atoms with E-state index < -0.39 is 5.82 Å². The van der Waals surface area contributed by atoms with Gasteiger partial charge in [-0.1, -0.05) is 37.4 Å². The summed E-state index contributed by atoms with van der Waals surface area (Å²) < 4.78 is 16.8. The minimum atomic E-state index is -0.460. The largest absolute Gasteiger partial charge is 0.349 e. The van der Waals surface area contributed by atoms with E-state index in [1.165, 1.54) is 12.4 Å². The van der Waals surface area contributed by atoms with Crippen LogP contribution in [-0.2, 0) is 0 Å². The smallest absolute Gasteiger partial charge is 0.255 e. The van der Waals surface area contributed by atoms with Crippen LogP contribution in [0.3, 0.4) is 0 Å². The van der Waals surface area contributed by atoms with Gasteiger partial charge >= 0.3 is 0 Å². The van der Waals surface area contributed by atoms with Crippen LogP contribution >= 0.6 is 11.6 Å². The maximum Gasteiger partial charge on any atom is 0.255 e. The summed E-state index contributed by atoms with van der Waals surface area (Å²) in [6, 6.07) is 3.18. The molecule has 5 nitrogen and oxygen atoms in total. The Labute approximate surface area is 175 Å². The van der Waals surface area contributed by atoms with E-state index in [-0.39, 0.29) is 11.2 Å². The second kappa shape index (κ2) is 8.22. The van der Waals surface area contributed by atoms with Crippen molar-refractivity contribution >= 4 is 23.2 Å². The van der Waals surface area contributed by atoms with Crippen molar-refractivity contribution in [2.45, 2.75) is 33.7 Å². The molecule has 0 fully saturated rings. The molecule has 1 atom stereocenters. The number of hydrogen-bond acceptors (Lipinski definition) is 4. The molecule has 2 aromatic heterocycles. The Bertz CT molecular complexity index is 1090. The summed E-state index contributed by atoms with van der Waals surface area (Å²) in [5, 5.41) is 4.49. The van der Waals surface area contributed by atoms with Crippen LogP contribution in [0.25, 0.3) is 16.9 Å². The summed E-state index contributed by atoms with van der Waals surface area (Å²) in [6.45, 7) is 12.5. The minimum Gasteiger partial charge on any atom is -0.349 e. The molecular formula is C22H23ClFN5. The average molecular weight is 412 g/mol. The highest BCUT2D eigenvalue weighted by Crippen LogP contribution is 2.40. The Morgan fingerprint density at radius 2 is 2.07 bits per heavy atom. The molecule has 0 saturated carbocycles. The van der Waals surface area contributed by atoms with Crippen LogP contribution in [0.15, 0.2) is 31.1 Å². The van der Waals surface area contributed by atoms with Crippen LogP contribution in [0.2, 0.25) is 5.15 Å². The number of benzene rings is 1. The number of aryl methyl sites for hydroxylation is 1. The van der Waals surface area contributed by atoms with Crippen molar-refractivity contribution in [2.75, 3.05) is 11.4 Å². The van der Waals surface area contributed by atoms with Crippen molar-refractivity contribution in [3.63, 3.8) is 0 Å². The summed E-state index contributed by atoms with van der Waals surface area (Å²) in [6.07, 6.45) is 8.66. The van der Waals surface area contributed by atoms with Gasteiger partial charge in [0.2, 0.25) is 0 Å². The molecule has 0 amide bonds. The SMILES string of the molecule is C#Cc1cc(C)c(-c2c(Cl)nc3ncnn3c2N(CC=C)[C@H](C)C(C)C)c(F)c1. The summed E-state index contributed by atoms with van der Waals surface area (Å²) in [5.41, 5.74) is 1.93. The van der Waals surface area contributed by atoms with E-state index in [4.69, 9.17) is 18.0 Å². The van der Waals surface area contributed by atoms with E-state index in [1.807, 2.05) is 0 Å². The van der Waals surface area contributed by atoms with Crippen LogP contribution in [0.1, 0.15) is 31.9 Å². The maximum atomic E-state index is 15.2. The van der Waals surface area contributed by atoms with Crippen LogP contribution in [0, 0.1) is 31.0 Å². The standard InChI is InChI=1S/C22H23ClFN5/c1-7-9-28(15(6)13(3)4)21-19(20(23)27-22-25-12-26-29(21)22)18-14(5)10-16(8-2)11-17(18)24/h2,7,10-13,15H,1,9H2,3-6H3/t15-/m1/s1. The van der Waals surface area contributed by atoms with Crippen molar-refractivity contribution in [2.24, 2.45) is 5.92 Å². The normalized spacial score (nSPS) is 12.2. The number of terminal acetylenes is 1. The third kappa shape index (κ3) is 3.70. The fourth-order valence-corrected chi connectivity index (χ4v) is 3.63. The number of fused-ring (bicyclic) bond motifs is 1. The van der Waals surface area contributed by atoms with Crippen LogP contribution in [0.5, 0.6) is 0 Å². The summed E-state index contributed by atoms with van der Waals surface area (Å²) in [5.74, 6) is 3.29. The van der Waals surface area contributed by atoms with Gasteiger partial charge in [-0.3, -0.25) is 0 Å². The fourth-order valence-electron chi connectivity index (χ4n) is 3.37. The second-order valence-corrected chi connectivity index (χ2v) is 7.65. The maximum absolute atomic E-state index is 15.2. The third-order valence-corrected chi connectivity index (χ3v) is 5.39. The van der Waals surface area contributed by atoms with E-state index in [1.54, 1.807) is 23.6 Å². The van der Waals surface area contributed by atoms with E-state index in [0.29, 0.717) is 46.3 Å². The zero-order chi connectivity index (χ0) is 21.3. The molecule has 0 aliphatic heterocycles. The zero-order valence-electron chi connectivity index (χ0n) is 16.9. The molecule has 0 bridgehead atoms. The number of nitrogens with zero attached hydrogens (tertiary/aromatic N) is 5. The average Bonchev–Trinajstić information content (AvgIpc) is 3.13.